The third-order valence-corrected chi connectivity index (χ3v) is 6.54. The van der Waals surface area contributed by atoms with Crippen LogP contribution in [0.2, 0.25) is 0 Å². The van der Waals surface area contributed by atoms with Gasteiger partial charge in [-0.05, 0) is 49.1 Å². The summed E-state index contributed by atoms with van der Waals surface area (Å²) in [5, 5.41) is 3.75. The van der Waals surface area contributed by atoms with Gasteiger partial charge in [-0.3, -0.25) is 14.4 Å². The van der Waals surface area contributed by atoms with Crippen LogP contribution in [-0.4, -0.2) is 17.9 Å². The Kier molecular flexibility index (Phi) is 4.26. The van der Waals surface area contributed by atoms with Gasteiger partial charge in [-0.25, -0.2) is 9.96 Å². The zero-order valence-electron chi connectivity index (χ0n) is 16.1. The molecule has 0 N–H and O–H groups in total. The highest BCUT2D eigenvalue weighted by atomic mass is 32.1. The number of hydrogen-bond donors (Lipinski definition) is 0. The molecule has 5 rings (SSSR count). The van der Waals surface area contributed by atoms with Crippen molar-refractivity contribution < 1.29 is 14.4 Å². The molecule has 0 spiro atoms. The minimum atomic E-state index is -0.824. The van der Waals surface area contributed by atoms with Crippen LogP contribution in [0.25, 0.3) is 0 Å². The molecule has 0 saturated carbocycles. The predicted molar refractivity (Wildman–Crippen MR) is 113 cm³/mol. The first-order valence-electron chi connectivity index (χ1n) is 9.56. The summed E-state index contributed by atoms with van der Waals surface area (Å²) in [4.78, 5) is 35.1. The molecule has 0 unspecified atom stereocenters. The first kappa shape index (κ1) is 18.1. The Bertz CT molecular complexity index is 1080. The second-order valence-corrected chi connectivity index (χ2v) is 8.45. The van der Waals surface area contributed by atoms with E-state index in [1.807, 2.05) is 79.9 Å². The largest absolute Gasteiger partial charge is 0.273 e. The molecule has 2 aromatic carbocycles. The van der Waals surface area contributed by atoms with Crippen LogP contribution < -0.4 is 9.96 Å². The number of rotatable bonds is 3. The van der Waals surface area contributed by atoms with E-state index in [9.17, 15) is 9.59 Å². The molecule has 2 fully saturated rings. The van der Waals surface area contributed by atoms with E-state index in [1.54, 1.807) is 16.4 Å². The first-order valence-corrected chi connectivity index (χ1v) is 10.4. The van der Waals surface area contributed by atoms with Crippen molar-refractivity contribution in [3.8, 4) is 0 Å². The molecular formula is C23H20N2O3S. The van der Waals surface area contributed by atoms with Gasteiger partial charge in [-0.15, -0.1) is 11.3 Å². The van der Waals surface area contributed by atoms with Crippen molar-refractivity contribution in [1.29, 1.82) is 0 Å². The van der Waals surface area contributed by atoms with E-state index < -0.39 is 12.0 Å². The van der Waals surface area contributed by atoms with Crippen LogP contribution in [-0.2, 0) is 14.4 Å². The maximum Gasteiger partial charge on any atom is 0.266 e. The Morgan fingerprint density at radius 1 is 0.897 bits per heavy atom. The fourth-order valence-electron chi connectivity index (χ4n) is 4.13. The SMILES string of the molecule is Cc1ccc(N2C(=O)[C@H]3[C@@H](c4cccs4)N(c4ccccc4C)O[C@H]3C2=O)cc1. The normalized spacial score (nSPS) is 23.7. The number of fused-ring (bicyclic) bond motifs is 1. The van der Waals surface area contributed by atoms with Crippen molar-refractivity contribution in [2.24, 2.45) is 5.92 Å². The summed E-state index contributed by atoms with van der Waals surface area (Å²) in [6, 6.07) is 18.9. The number of thiophene rings is 1. The summed E-state index contributed by atoms with van der Waals surface area (Å²) in [6.07, 6.45) is -0.824. The van der Waals surface area contributed by atoms with Crippen LogP contribution in [0.5, 0.6) is 0 Å². The summed E-state index contributed by atoms with van der Waals surface area (Å²) in [6.45, 7) is 3.97. The van der Waals surface area contributed by atoms with E-state index in [2.05, 4.69) is 0 Å². The number of imide groups is 1. The Balaban J connectivity index is 1.58. The van der Waals surface area contributed by atoms with Gasteiger partial charge in [0.2, 0.25) is 5.91 Å². The van der Waals surface area contributed by atoms with Crippen molar-refractivity contribution in [1.82, 2.24) is 0 Å². The number of carbonyl (C=O) groups excluding carboxylic acids is 2. The lowest BCUT2D eigenvalue weighted by atomic mass is 9.95. The number of anilines is 2. The van der Waals surface area contributed by atoms with Gasteiger partial charge in [0.05, 0.1) is 11.4 Å². The molecular weight excluding hydrogens is 384 g/mol. The second kappa shape index (κ2) is 6.83. The van der Waals surface area contributed by atoms with Crippen molar-refractivity contribution in [3.05, 3.63) is 82.0 Å². The molecule has 0 aliphatic carbocycles. The lowest BCUT2D eigenvalue weighted by Gasteiger charge is -2.28. The van der Waals surface area contributed by atoms with E-state index in [-0.39, 0.29) is 17.9 Å². The van der Waals surface area contributed by atoms with E-state index >= 15 is 0 Å². The maximum absolute atomic E-state index is 13.5. The Morgan fingerprint density at radius 2 is 1.66 bits per heavy atom. The van der Waals surface area contributed by atoms with Crippen LogP contribution in [0, 0.1) is 19.8 Å². The molecule has 2 saturated heterocycles. The number of amides is 2. The summed E-state index contributed by atoms with van der Waals surface area (Å²) in [7, 11) is 0. The minimum absolute atomic E-state index is 0.210. The molecule has 2 aliphatic rings. The zero-order chi connectivity index (χ0) is 20.1. The number of carbonyl (C=O) groups is 2. The summed E-state index contributed by atoms with van der Waals surface area (Å²) in [5.41, 5.74) is 3.58. The van der Waals surface area contributed by atoms with Gasteiger partial charge in [0.1, 0.15) is 12.0 Å². The molecule has 2 aliphatic heterocycles. The Morgan fingerprint density at radius 3 is 2.34 bits per heavy atom. The fraction of sp³-hybridized carbons (Fsp3) is 0.217. The zero-order valence-corrected chi connectivity index (χ0v) is 16.9. The van der Waals surface area contributed by atoms with Crippen LogP contribution in [0.1, 0.15) is 22.0 Å². The van der Waals surface area contributed by atoms with Gasteiger partial charge in [0.15, 0.2) is 6.10 Å². The van der Waals surface area contributed by atoms with Crippen molar-refractivity contribution in [2.75, 3.05) is 9.96 Å². The topological polar surface area (TPSA) is 49.9 Å². The van der Waals surface area contributed by atoms with Gasteiger partial charge in [0.25, 0.3) is 5.91 Å². The highest BCUT2D eigenvalue weighted by Gasteiger charge is 2.60. The molecule has 1 aromatic heterocycles. The number of hydrogen-bond acceptors (Lipinski definition) is 5. The molecule has 6 heteroatoms. The molecule has 2 amide bonds. The first-order chi connectivity index (χ1) is 14.1. The Labute approximate surface area is 173 Å². The average Bonchev–Trinajstić information content (AvgIpc) is 3.41. The standard InChI is InChI=1S/C23H20N2O3S/c1-14-9-11-16(12-10-14)24-22(26)19-20(18-8-5-13-29-18)25(28-21(19)23(24)27)17-7-4-3-6-15(17)2/h3-13,19-21H,1-2H3/t19-,20+,21+/m0/s1. The number of nitrogens with zero attached hydrogens (tertiary/aromatic N) is 2. The summed E-state index contributed by atoms with van der Waals surface area (Å²) >= 11 is 1.57. The van der Waals surface area contributed by atoms with Crippen molar-refractivity contribution >= 4 is 34.5 Å². The van der Waals surface area contributed by atoms with Gasteiger partial charge in [0, 0.05) is 4.88 Å². The van der Waals surface area contributed by atoms with Crippen LogP contribution >= 0.6 is 11.3 Å². The molecule has 3 aromatic rings. The molecule has 29 heavy (non-hydrogen) atoms. The molecule has 146 valence electrons. The van der Waals surface area contributed by atoms with Crippen LogP contribution in [0.3, 0.4) is 0 Å². The monoisotopic (exact) mass is 404 g/mol. The van der Waals surface area contributed by atoms with E-state index in [4.69, 9.17) is 4.84 Å². The smallest absolute Gasteiger partial charge is 0.266 e. The predicted octanol–water partition coefficient (Wildman–Crippen LogP) is 4.42. The third-order valence-electron chi connectivity index (χ3n) is 5.60. The quantitative estimate of drug-likeness (QED) is 0.607. The van der Waals surface area contributed by atoms with Gasteiger partial charge in [-0.2, -0.15) is 0 Å². The average molecular weight is 404 g/mol. The summed E-state index contributed by atoms with van der Waals surface area (Å²) < 4.78 is 0. The third kappa shape index (κ3) is 2.79. The minimum Gasteiger partial charge on any atom is -0.273 e. The summed E-state index contributed by atoms with van der Waals surface area (Å²) in [5.74, 6) is -1.10. The number of aryl methyl sites for hydroxylation is 2. The maximum atomic E-state index is 13.5. The van der Waals surface area contributed by atoms with E-state index in [0.29, 0.717) is 5.69 Å². The number of para-hydroxylation sites is 1. The molecule has 5 nitrogen and oxygen atoms in total. The lowest BCUT2D eigenvalue weighted by Crippen LogP contribution is -2.37. The lowest BCUT2D eigenvalue weighted by molar-refractivity contribution is -0.126. The van der Waals surface area contributed by atoms with Crippen molar-refractivity contribution in [3.63, 3.8) is 0 Å². The van der Waals surface area contributed by atoms with Crippen molar-refractivity contribution in [2.45, 2.75) is 26.0 Å². The van der Waals surface area contributed by atoms with E-state index in [0.717, 1.165) is 21.7 Å². The Hall–Kier alpha value is -2.96. The van der Waals surface area contributed by atoms with E-state index in [1.165, 1.54) is 4.90 Å². The van der Waals surface area contributed by atoms with Crippen LogP contribution in [0.4, 0.5) is 11.4 Å². The molecule has 0 radical (unpaired) electrons. The van der Waals surface area contributed by atoms with Gasteiger partial charge < -0.3 is 0 Å². The highest BCUT2D eigenvalue weighted by Crippen LogP contribution is 2.49. The number of hydroxylamine groups is 1. The van der Waals surface area contributed by atoms with Gasteiger partial charge >= 0.3 is 0 Å². The van der Waals surface area contributed by atoms with Crippen LogP contribution in [0.15, 0.2) is 66.0 Å². The molecule has 0 bridgehead atoms. The number of benzene rings is 2. The van der Waals surface area contributed by atoms with Gasteiger partial charge in [-0.1, -0.05) is 42.0 Å². The fourth-order valence-corrected chi connectivity index (χ4v) is 4.98. The highest BCUT2D eigenvalue weighted by molar-refractivity contribution is 7.10. The molecule has 3 heterocycles. The molecule has 3 atom stereocenters. The second-order valence-electron chi connectivity index (χ2n) is 7.47.